The molecule has 0 fully saturated rings. The maximum atomic E-state index is 13.9. The molecule has 2 aromatic heterocycles. The predicted octanol–water partition coefficient (Wildman–Crippen LogP) is 2.95. The molecule has 0 saturated carbocycles. The minimum atomic E-state index is -0.826. The Balaban J connectivity index is 1.80. The molecule has 0 atom stereocenters. The molecule has 0 aliphatic rings. The van der Waals surface area contributed by atoms with Crippen molar-refractivity contribution < 1.29 is 18.7 Å². The molecule has 0 amide bonds. The lowest BCUT2D eigenvalue weighted by atomic mass is 10.1. The Morgan fingerprint density at radius 1 is 1.14 bits per heavy atom. The number of esters is 1. The number of rotatable bonds is 5. The van der Waals surface area contributed by atoms with Crippen molar-refractivity contribution in [3.63, 3.8) is 0 Å². The Kier molecular flexibility index (Phi) is 5.21. The van der Waals surface area contributed by atoms with E-state index in [0.717, 1.165) is 5.69 Å². The second kappa shape index (κ2) is 7.59. The molecule has 7 nitrogen and oxygen atoms in total. The van der Waals surface area contributed by atoms with E-state index in [2.05, 4.69) is 9.97 Å². The van der Waals surface area contributed by atoms with Crippen LogP contribution in [0.2, 0.25) is 0 Å². The molecule has 3 aromatic rings. The third-order valence-corrected chi connectivity index (χ3v) is 4.40. The molecule has 8 heteroatoms. The Hall–Kier alpha value is -3.55. The molecule has 0 unspecified atom stereocenters. The first-order valence-corrected chi connectivity index (χ1v) is 8.52. The monoisotopic (exact) mass is 382 g/mol. The first kappa shape index (κ1) is 19.2. The van der Waals surface area contributed by atoms with Crippen LogP contribution in [0.25, 0.3) is 5.69 Å². The smallest absolute Gasteiger partial charge is 0.361 e. The zero-order valence-corrected chi connectivity index (χ0v) is 15.7. The number of aryl methyl sites for hydroxylation is 2. The second-order valence-corrected chi connectivity index (χ2v) is 6.34. The van der Waals surface area contributed by atoms with Gasteiger partial charge in [-0.1, -0.05) is 6.07 Å². The Labute approximate surface area is 161 Å². The van der Waals surface area contributed by atoms with Gasteiger partial charge in [0.15, 0.2) is 18.1 Å². The van der Waals surface area contributed by atoms with Gasteiger partial charge in [-0.25, -0.2) is 19.2 Å². The van der Waals surface area contributed by atoms with Gasteiger partial charge < -0.3 is 15.0 Å². The van der Waals surface area contributed by atoms with Crippen molar-refractivity contribution in [2.45, 2.75) is 20.8 Å². The van der Waals surface area contributed by atoms with E-state index >= 15 is 0 Å². The van der Waals surface area contributed by atoms with E-state index in [1.165, 1.54) is 18.5 Å². The summed E-state index contributed by atoms with van der Waals surface area (Å²) >= 11 is 0. The molecule has 0 radical (unpaired) electrons. The topological polar surface area (TPSA) is 100 Å². The number of Topliss-reactive ketones (excluding diaryl/α,β-unsaturated/α-hetero) is 1. The SMILES string of the molecule is Cc1ccc(-n2c(C)cc(C(=O)COC(=O)c3nccnc3N)c2C)cc1F. The highest BCUT2D eigenvalue weighted by Gasteiger charge is 2.20. The van der Waals surface area contributed by atoms with Crippen LogP contribution in [0.4, 0.5) is 10.2 Å². The summed E-state index contributed by atoms with van der Waals surface area (Å²) in [4.78, 5) is 32.2. The van der Waals surface area contributed by atoms with Crippen LogP contribution in [-0.4, -0.2) is 32.9 Å². The number of hydrogen-bond donors (Lipinski definition) is 1. The van der Waals surface area contributed by atoms with Crippen molar-refractivity contribution in [2.75, 3.05) is 12.3 Å². The van der Waals surface area contributed by atoms with E-state index in [4.69, 9.17) is 10.5 Å². The highest BCUT2D eigenvalue weighted by atomic mass is 19.1. The quantitative estimate of drug-likeness (QED) is 0.538. The average Bonchev–Trinajstić information content (AvgIpc) is 2.96. The fourth-order valence-corrected chi connectivity index (χ4v) is 2.95. The van der Waals surface area contributed by atoms with Crippen LogP contribution in [0, 0.1) is 26.6 Å². The highest BCUT2D eigenvalue weighted by molar-refractivity contribution is 6.01. The van der Waals surface area contributed by atoms with E-state index in [1.54, 1.807) is 36.6 Å². The van der Waals surface area contributed by atoms with Crippen molar-refractivity contribution in [1.82, 2.24) is 14.5 Å². The third kappa shape index (κ3) is 3.62. The van der Waals surface area contributed by atoms with Crippen molar-refractivity contribution in [2.24, 2.45) is 0 Å². The van der Waals surface area contributed by atoms with E-state index in [1.807, 2.05) is 6.92 Å². The maximum absolute atomic E-state index is 13.9. The molecular formula is C20H19FN4O3. The summed E-state index contributed by atoms with van der Waals surface area (Å²) in [6, 6.07) is 6.56. The summed E-state index contributed by atoms with van der Waals surface area (Å²) < 4.78 is 20.7. The van der Waals surface area contributed by atoms with Crippen molar-refractivity contribution >= 4 is 17.6 Å². The molecule has 1 aromatic carbocycles. The van der Waals surface area contributed by atoms with Gasteiger partial charge in [0.1, 0.15) is 5.82 Å². The van der Waals surface area contributed by atoms with Crippen LogP contribution in [0.3, 0.4) is 0 Å². The van der Waals surface area contributed by atoms with Gasteiger partial charge in [-0.3, -0.25) is 4.79 Å². The zero-order valence-electron chi connectivity index (χ0n) is 15.7. The van der Waals surface area contributed by atoms with E-state index in [-0.39, 0.29) is 23.1 Å². The minimum Gasteiger partial charge on any atom is -0.452 e. The third-order valence-electron chi connectivity index (χ3n) is 4.40. The lowest BCUT2D eigenvalue weighted by Gasteiger charge is -2.11. The molecule has 0 aliphatic carbocycles. The molecule has 0 saturated heterocycles. The van der Waals surface area contributed by atoms with E-state index in [0.29, 0.717) is 22.5 Å². The number of ether oxygens (including phenoxy) is 1. The average molecular weight is 382 g/mol. The van der Waals surface area contributed by atoms with Crippen LogP contribution in [0.15, 0.2) is 36.7 Å². The molecule has 28 heavy (non-hydrogen) atoms. The molecule has 0 spiro atoms. The number of aromatic nitrogens is 3. The highest BCUT2D eigenvalue weighted by Crippen LogP contribution is 2.23. The number of anilines is 1. The fourth-order valence-electron chi connectivity index (χ4n) is 2.95. The van der Waals surface area contributed by atoms with Gasteiger partial charge >= 0.3 is 5.97 Å². The Morgan fingerprint density at radius 3 is 2.54 bits per heavy atom. The lowest BCUT2D eigenvalue weighted by molar-refractivity contribution is 0.0469. The number of halogens is 1. The molecule has 2 N–H and O–H groups in total. The molecule has 2 heterocycles. The minimum absolute atomic E-state index is 0.0699. The summed E-state index contributed by atoms with van der Waals surface area (Å²) in [6.45, 7) is 4.78. The molecule has 0 bridgehead atoms. The van der Waals surface area contributed by atoms with Gasteiger partial charge in [0.05, 0.1) is 0 Å². The van der Waals surface area contributed by atoms with Crippen LogP contribution in [0.5, 0.6) is 0 Å². The van der Waals surface area contributed by atoms with Crippen molar-refractivity contribution in [3.05, 3.63) is 70.7 Å². The van der Waals surface area contributed by atoms with Crippen LogP contribution < -0.4 is 5.73 Å². The van der Waals surface area contributed by atoms with Crippen LogP contribution in [-0.2, 0) is 4.74 Å². The second-order valence-electron chi connectivity index (χ2n) is 6.34. The van der Waals surface area contributed by atoms with Gasteiger partial charge in [0, 0.05) is 35.0 Å². The normalized spacial score (nSPS) is 10.7. The zero-order chi connectivity index (χ0) is 20.4. The van der Waals surface area contributed by atoms with Crippen molar-refractivity contribution in [1.29, 1.82) is 0 Å². The Morgan fingerprint density at radius 2 is 1.86 bits per heavy atom. The largest absolute Gasteiger partial charge is 0.452 e. The number of benzene rings is 1. The number of nitrogens with two attached hydrogens (primary N) is 1. The lowest BCUT2D eigenvalue weighted by Crippen LogP contribution is -2.17. The first-order chi connectivity index (χ1) is 13.3. The molecular weight excluding hydrogens is 363 g/mol. The number of carbonyl (C=O) groups is 2. The summed E-state index contributed by atoms with van der Waals surface area (Å²) in [6.07, 6.45) is 2.66. The summed E-state index contributed by atoms with van der Waals surface area (Å²) in [7, 11) is 0. The maximum Gasteiger partial charge on any atom is 0.361 e. The van der Waals surface area contributed by atoms with Crippen molar-refractivity contribution in [3.8, 4) is 5.69 Å². The van der Waals surface area contributed by atoms with Gasteiger partial charge in [-0.15, -0.1) is 0 Å². The van der Waals surface area contributed by atoms with Crippen LogP contribution in [0.1, 0.15) is 37.8 Å². The number of carbonyl (C=O) groups excluding carboxylic acids is 2. The van der Waals surface area contributed by atoms with E-state index in [9.17, 15) is 14.0 Å². The Bertz CT molecular complexity index is 1080. The standard InChI is InChI=1S/C20H19FN4O3/c1-11-4-5-14(9-16(11)21)25-12(2)8-15(13(25)3)17(26)10-28-20(27)18-19(22)24-7-6-23-18/h4-9H,10H2,1-3H3,(H2,22,24). The first-order valence-electron chi connectivity index (χ1n) is 8.52. The number of hydrogen-bond acceptors (Lipinski definition) is 6. The summed E-state index contributed by atoms with van der Waals surface area (Å²) in [5.41, 5.74) is 8.36. The predicted molar refractivity (Wildman–Crippen MR) is 101 cm³/mol. The molecule has 3 rings (SSSR count). The number of nitrogens with zero attached hydrogens (tertiary/aromatic N) is 3. The van der Waals surface area contributed by atoms with Gasteiger partial charge in [-0.2, -0.15) is 0 Å². The molecule has 144 valence electrons. The number of nitrogen functional groups attached to an aromatic ring is 1. The van der Waals surface area contributed by atoms with Gasteiger partial charge in [-0.05, 0) is 44.5 Å². The summed E-state index contributed by atoms with van der Waals surface area (Å²) in [5, 5.41) is 0. The summed E-state index contributed by atoms with van der Waals surface area (Å²) in [5.74, 6) is -1.61. The number of ketones is 1. The fraction of sp³-hybridized carbons (Fsp3) is 0.200. The van der Waals surface area contributed by atoms with Gasteiger partial charge in [0.25, 0.3) is 0 Å². The van der Waals surface area contributed by atoms with Crippen LogP contribution >= 0.6 is 0 Å². The van der Waals surface area contributed by atoms with Gasteiger partial charge in [0.2, 0.25) is 5.78 Å². The molecule has 0 aliphatic heterocycles. The van der Waals surface area contributed by atoms with E-state index < -0.39 is 12.6 Å².